The van der Waals surface area contributed by atoms with Crippen LogP contribution in [0.5, 0.6) is 0 Å². The maximum absolute atomic E-state index is 12.5. The number of amides is 1. The summed E-state index contributed by atoms with van der Waals surface area (Å²) < 4.78 is 5.37. The van der Waals surface area contributed by atoms with E-state index in [1.807, 2.05) is 54.6 Å². The van der Waals surface area contributed by atoms with Crippen molar-refractivity contribution in [3.63, 3.8) is 0 Å². The minimum absolute atomic E-state index is 0.239. The molecule has 1 aromatic heterocycles. The summed E-state index contributed by atoms with van der Waals surface area (Å²) >= 11 is 0. The number of aromatic nitrogens is 1. The van der Waals surface area contributed by atoms with E-state index in [0.29, 0.717) is 12.1 Å². The molecule has 0 saturated carbocycles. The number of esters is 1. The molecule has 0 radical (unpaired) electrons. The van der Waals surface area contributed by atoms with Crippen LogP contribution in [0, 0.1) is 0 Å². The number of H-pyrrole nitrogens is 1. The Kier molecular flexibility index (Phi) is 4.84. The number of hydrogen-bond acceptors (Lipinski definition) is 3. The van der Waals surface area contributed by atoms with Crippen molar-refractivity contribution in [2.24, 2.45) is 0 Å². The standard InChI is InChI=1S/C20H20N2O3/c1-14(19(23)22(2)13-15-8-4-3-5-9-15)25-20(24)17-12-21-18-11-7-6-10-16(17)18/h3-12,14,21H,13H2,1-2H3/t14-/m1/s1. The molecule has 0 fully saturated rings. The fraction of sp³-hybridized carbons (Fsp3) is 0.200. The Morgan fingerprint density at radius 3 is 2.52 bits per heavy atom. The van der Waals surface area contributed by atoms with Gasteiger partial charge in [-0.05, 0) is 18.6 Å². The van der Waals surface area contributed by atoms with Crippen molar-refractivity contribution in [3.8, 4) is 0 Å². The van der Waals surface area contributed by atoms with Gasteiger partial charge in [0.15, 0.2) is 6.10 Å². The Hall–Kier alpha value is -3.08. The second kappa shape index (κ2) is 7.21. The van der Waals surface area contributed by atoms with Crippen molar-refractivity contribution in [3.05, 3.63) is 71.9 Å². The summed E-state index contributed by atoms with van der Waals surface area (Å²) in [6.07, 6.45) is 0.757. The number of nitrogens with zero attached hydrogens (tertiary/aromatic N) is 1. The highest BCUT2D eigenvalue weighted by atomic mass is 16.5. The first kappa shape index (κ1) is 16.8. The topological polar surface area (TPSA) is 62.4 Å². The van der Waals surface area contributed by atoms with Gasteiger partial charge in [-0.15, -0.1) is 0 Å². The van der Waals surface area contributed by atoms with Gasteiger partial charge < -0.3 is 14.6 Å². The number of carbonyl (C=O) groups is 2. The van der Waals surface area contributed by atoms with Gasteiger partial charge in [-0.1, -0.05) is 48.5 Å². The van der Waals surface area contributed by atoms with Crippen molar-refractivity contribution in [2.75, 3.05) is 7.05 Å². The number of nitrogens with one attached hydrogen (secondary N) is 1. The molecule has 128 valence electrons. The normalized spacial score (nSPS) is 11.9. The van der Waals surface area contributed by atoms with Gasteiger partial charge in [0.2, 0.25) is 0 Å². The van der Waals surface area contributed by atoms with Gasteiger partial charge in [0.05, 0.1) is 5.56 Å². The first-order valence-corrected chi connectivity index (χ1v) is 8.12. The zero-order chi connectivity index (χ0) is 17.8. The third-order valence-corrected chi connectivity index (χ3v) is 4.08. The van der Waals surface area contributed by atoms with E-state index in [0.717, 1.165) is 16.5 Å². The highest BCUT2D eigenvalue weighted by Crippen LogP contribution is 2.19. The van der Waals surface area contributed by atoms with E-state index in [1.165, 1.54) is 0 Å². The quantitative estimate of drug-likeness (QED) is 0.727. The lowest BCUT2D eigenvalue weighted by Crippen LogP contribution is -2.37. The summed E-state index contributed by atoms with van der Waals surface area (Å²) in [7, 11) is 1.70. The maximum Gasteiger partial charge on any atom is 0.341 e. The van der Waals surface area contributed by atoms with Gasteiger partial charge in [-0.25, -0.2) is 4.79 Å². The van der Waals surface area contributed by atoms with E-state index in [-0.39, 0.29) is 5.91 Å². The number of para-hydroxylation sites is 1. The fourth-order valence-electron chi connectivity index (χ4n) is 2.76. The largest absolute Gasteiger partial charge is 0.449 e. The van der Waals surface area contributed by atoms with E-state index < -0.39 is 12.1 Å². The monoisotopic (exact) mass is 336 g/mol. The predicted octanol–water partition coefficient (Wildman–Crippen LogP) is 3.37. The molecule has 0 unspecified atom stereocenters. The summed E-state index contributed by atoms with van der Waals surface area (Å²) in [5.74, 6) is -0.747. The summed E-state index contributed by atoms with van der Waals surface area (Å²) in [5.41, 5.74) is 2.31. The number of carbonyl (C=O) groups excluding carboxylic acids is 2. The number of benzene rings is 2. The molecule has 1 atom stereocenters. The first-order chi connectivity index (χ1) is 12.1. The Bertz CT molecular complexity index is 886. The van der Waals surface area contributed by atoms with Gasteiger partial charge in [0, 0.05) is 30.7 Å². The lowest BCUT2D eigenvalue weighted by atomic mass is 10.2. The van der Waals surface area contributed by atoms with E-state index >= 15 is 0 Å². The zero-order valence-corrected chi connectivity index (χ0v) is 14.2. The van der Waals surface area contributed by atoms with Gasteiger partial charge in [0.1, 0.15) is 0 Å². The third kappa shape index (κ3) is 3.71. The van der Waals surface area contributed by atoms with Crippen LogP contribution in [0.1, 0.15) is 22.8 Å². The molecule has 2 aromatic carbocycles. The van der Waals surface area contributed by atoms with Gasteiger partial charge in [-0.2, -0.15) is 0 Å². The minimum Gasteiger partial charge on any atom is -0.449 e. The molecule has 3 rings (SSSR count). The number of ether oxygens (including phenoxy) is 1. The van der Waals surface area contributed by atoms with E-state index in [9.17, 15) is 9.59 Å². The number of fused-ring (bicyclic) bond motifs is 1. The van der Waals surface area contributed by atoms with Crippen LogP contribution in [0.4, 0.5) is 0 Å². The van der Waals surface area contributed by atoms with Crippen LogP contribution in [-0.4, -0.2) is 34.9 Å². The Balaban J connectivity index is 1.65. The van der Waals surface area contributed by atoms with Crippen molar-refractivity contribution < 1.29 is 14.3 Å². The highest BCUT2D eigenvalue weighted by Gasteiger charge is 2.23. The van der Waals surface area contributed by atoms with Crippen LogP contribution in [0.25, 0.3) is 10.9 Å². The van der Waals surface area contributed by atoms with E-state index in [2.05, 4.69) is 4.98 Å². The SMILES string of the molecule is C[C@@H](OC(=O)c1c[nH]c2ccccc12)C(=O)N(C)Cc1ccccc1. The van der Waals surface area contributed by atoms with Crippen molar-refractivity contribution >= 4 is 22.8 Å². The van der Waals surface area contributed by atoms with Crippen molar-refractivity contribution in [1.82, 2.24) is 9.88 Å². The predicted molar refractivity (Wildman–Crippen MR) is 96.1 cm³/mol. The molecule has 0 aliphatic rings. The van der Waals surface area contributed by atoms with Crippen molar-refractivity contribution in [1.29, 1.82) is 0 Å². The number of aromatic amines is 1. The summed E-state index contributed by atoms with van der Waals surface area (Å²) in [5, 5.41) is 0.782. The second-order valence-electron chi connectivity index (χ2n) is 5.98. The molecule has 0 spiro atoms. The van der Waals surface area contributed by atoms with Crippen molar-refractivity contribution in [2.45, 2.75) is 19.6 Å². The molecule has 3 aromatic rings. The van der Waals surface area contributed by atoms with Crippen LogP contribution >= 0.6 is 0 Å². The molecule has 0 saturated heterocycles. The van der Waals surface area contributed by atoms with Crippen LogP contribution in [-0.2, 0) is 16.1 Å². The lowest BCUT2D eigenvalue weighted by molar-refractivity contribution is -0.139. The average Bonchev–Trinajstić information content (AvgIpc) is 3.06. The molecular weight excluding hydrogens is 316 g/mol. The molecule has 0 bridgehead atoms. The van der Waals surface area contributed by atoms with E-state index in [4.69, 9.17) is 4.74 Å². The molecule has 25 heavy (non-hydrogen) atoms. The number of rotatable bonds is 5. The molecule has 1 heterocycles. The molecular formula is C20H20N2O3. The molecule has 5 nitrogen and oxygen atoms in total. The Morgan fingerprint density at radius 1 is 1.08 bits per heavy atom. The first-order valence-electron chi connectivity index (χ1n) is 8.12. The smallest absolute Gasteiger partial charge is 0.341 e. The lowest BCUT2D eigenvalue weighted by Gasteiger charge is -2.21. The molecule has 0 aliphatic carbocycles. The van der Waals surface area contributed by atoms with Crippen LogP contribution in [0.2, 0.25) is 0 Å². The number of hydrogen-bond donors (Lipinski definition) is 1. The zero-order valence-electron chi connectivity index (χ0n) is 14.2. The van der Waals surface area contributed by atoms with Crippen LogP contribution in [0.3, 0.4) is 0 Å². The molecule has 1 N–H and O–H groups in total. The molecule has 0 aliphatic heterocycles. The van der Waals surface area contributed by atoms with E-state index in [1.54, 1.807) is 25.1 Å². The summed E-state index contributed by atoms with van der Waals surface area (Å²) in [6.45, 7) is 2.06. The van der Waals surface area contributed by atoms with Crippen LogP contribution < -0.4 is 0 Å². The summed E-state index contributed by atoms with van der Waals surface area (Å²) in [4.78, 5) is 29.4. The Labute approximate surface area is 146 Å². The average molecular weight is 336 g/mol. The fourth-order valence-corrected chi connectivity index (χ4v) is 2.76. The van der Waals surface area contributed by atoms with Gasteiger partial charge >= 0.3 is 5.97 Å². The number of likely N-dealkylation sites (N-methyl/N-ethyl adjacent to an activating group) is 1. The van der Waals surface area contributed by atoms with Crippen LogP contribution in [0.15, 0.2) is 60.8 Å². The summed E-state index contributed by atoms with van der Waals surface area (Å²) in [6, 6.07) is 17.1. The maximum atomic E-state index is 12.5. The highest BCUT2D eigenvalue weighted by molar-refractivity contribution is 6.04. The molecule has 5 heteroatoms. The minimum atomic E-state index is -0.852. The van der Waals surface area contributed by atoms with Gasteiger partial charge in [0.25, 0.3) is 5.91 Å². The molecule has 1 amide bonds. The Morgan fingerprint density at radius 2 is 1.76 bits per heavy atom. The second-order valence-corrected chi connectivity index (χ2v) is 5.98. The van der Waals surface area contributed by atoms with Gasteiger partial charge in [-0.3, -0.25) is 4.79 Å². The third-order valence-electron chi connectivity index (χ3n) is 4.08.